The zero-order valence-corrected chi connectivity index (χ0v) is 10.9. The lowest BCUT2D eigenvalue weighted by atomic mass is 10.1. The summed E-state index contributed by atoms with van der Waals surface area (Å²) in [7, 11) is 0. The fraction of sp³-hybridized carbons (Fsp3) is 0.0769. The SMILES string of the molecule is NC(=NO)c1ccc(CNC(=O)c2cccs2)cc1. The second-order valence-electron chi connectivity index (χ2n) is 3.84. The van der Waals surface area contributed by atoms with E-state index in [2.05, 4.69) is 10.5 Å². The van der Waals surface area contributed by atoms with Gasteiger partial charge >= 0.3 is 0 Å². The monoisotopic (exact) mass is 275 g/mol. The van der Waals surface area contributed by atoms with Gasteiger partial charge in [0.1, 0.15) is 0 Å². The number of carbonyl (C=O) groups excluding carboxylic acids is 1. The van der Waals surface area contributed by atoms with Gasteiger partial charge in [0.25, 0.3) is 5.91 Å². The first-order valence-corrected chi connectivity index (χ1v) is 6.47. The molecule has 0 bridgehead atoms. The number of nitrogens with two attached hydrogens (primary N) is 1. The molecule has 6 heteroatoms. The van der Waals surface area contributed by atoms with Gasteiger partial charge in [-0.05, 0) is 17.0 Å². The molecule has 0 saturated carbocycles. The minimum absolute atomic E-state index is 0.0640. The molecular weight excluding hydrogens is 262 g/mol. The number of hydrogen-bond acceptors (Lipinski definition) is 4. The van der Waals surface area contributed by atoms with E-state index in [1.54, 1.807) is 18.2 Å². The Bertz CT molecular complexity index is 576. The van der Waals surface area contributed by atoms with Gasteiger partial charge in [0, 0.05) is 12.1 Å². The summed E-state index contributed by atoms with van der Waals surface area (Å²) >= 11 is 1.40. The van der Waals surface area contributed by atoms with Gasteiger partial charge in [0.15, 0.2) is 5.84 Å². The van der Waals surface area contributed by atoms with Crippen LogP contribution in [0.2, 0.25) is 0 Å². The van der Waals surface area contributed by atoms with Gasteiger partial charge in [-0.25, -0.2) is 0 Å². The summed E-state index contributed by atoms with van der Waals surface area (Å²) in [6.07, 6.45) is 0. The predicted octanol–water partition coefficient (Wildman–Crippen LogP) is 1.77. The third-order valence-corrected chi connectivity index (χ3v) is 3.42. The standard InChI is InChI=1S/C13H13N3O2S/c14-12(16-18)10-5-3-9(4-6-10)8-15-13(17)11-2-1-7-19-11/h1-7,18H,8H2,(H2,14,16)(H,15,17). The molecule has 5 nitrogen and oxygen atoms in total. The Balaban J connectivity index is 1.95. The van der Waals surface area contributed by atoms with Crippen molar-refractivity contribution in [1.82, 2.24) is 5.32 Å². The van der Waals surface area contributed by atoms with Crippen molar-refractivity contribution in [2.45, 2.75) is 6.54 Å². The Hall–Kier alpha value is -2.34. The highest BCUT2D eigenvalue weighted by molar-refractivity contribution is 7.12. The molecule has 0 spiro atoms. The second kappa shape index (κ2) is 6.01. The molecule has 98 valence electrons. The van der Waals surface area contributed by atoms with Crippen molar-refractivity contribution in [1.29, 1.82) is 0 Å². The number of amides is 1. The zero-order chi connectivity index (χ0) is 13.7. The first kappa shape index (κ1) is 13.1. The first-order chi connectivity index (χ1) is 9.20. The molecule has 0 atom stereocenters. The Morgan fingerprint density at radius 2 is 2.05 bits per heavy atom. The van der Waals surface area contributed by atoms with E-state index >= 15 is 0 Å². The molecule has 19 heavy (non-hydrogen) atoms. The number of carbonyl (C=O) groups is 1. The summed E-state index contributed by atoms with van der Waals surface area (Å²) in [5, 5.41) is 16.2. The van der Waals surface area contributed by atoms with E-state index in [0.717, 1.165) is 5.56 Å². The van der Waals surface area contributed by atoms with E-state index in [4.69, 9.17) is 10.9 Å². The molecule has 0 saturated heterocycles. The second-order valence-corrected chi connectivity index (χ2v) is 4.79. The number of oxime groups is 1. The van der Waals surface area contributed by atoms with E-state index in [1.165, 1.54) is 11.3 Å². The van der Waals surface area contributed by atoms with Crippen molar-refractivity contribution < 1.29 is 10.0 Å². The Kier molecular flexibility index (Phi) is 4.15. The first-order valence-electron chi connectivity index (χ1n) is 5.59. The van der Waals surface area contributed by atoms with Crippen molar-refractivity contribution >= 4 is 23.1 Å². The number of nitrogens with one attached hydrogen (secondary N) is 1. The highest BCUT2D eigenvalue weighted by Crippen LogP contribution is 2.09. The van der Waals surface area contributed by atoms with Crippen LogP contribution in [0.5, 0.6) is 0 Å². The van der Waals surface area contributed by atoms with Crippen molar-refractivity contribution in [3.63, 3.8) is 0 Å². The fourth-order valence-electron chi connectivity index (χ4n) is 1.53. The zero-order valence-electron chi connectivity index (χ0n) is 10.0. The quantitative estimate of drug-likeness (QED) is 0.344. The summed E-state index contributed by atoms with van der Waals surface area (Å²) in [5.41, 5.74) is 7.04. The summed E-state index contributed by atoms with van der Waals surface area (Å²) in [5.74, 6) is -0.0234. The van der Waals surface area contributed by atoms with Crippen LogP contribution >= 0.6 is 11.3 Å². The van der Waals surface area contributed by atoms with Crippen molar-refractivity contribution in [3.8, 4) is 0 Å². The maximum absolute atomic E-state index is 11.7. The Morgan fingerprint density at radius 1 is 1.32 bits per heavy atom. The molecule has 0 aliphatic heterocycles. The normalized spacial score (nSPS) is 11.3. The van der Waals surface area contributed by atoms with Crippen LogP contribution in [0.1, 0.15) is 20.8 Å². The van der Waals surface area contributed by atoms with Crippen LogP contribution < -0.4 is 11.1 Å². The molecule has 0 unspecified atom stereocenters. The van der Waals surface area contributed by atoms with Crippen LogP contribution in [0, 0.1) is 0 Å². The number of amidine groups is 1. The molecule has 1 amide bonds. The van der Waals surface area contributed by atoms with E-state index < -0.39 is 0 Å². The summed E-state index contributed by atoms with van der Waals surface area (Å²) in [6, 6.07) is 10.7. The van der Waals surface area contributed by atoms with Crippen LogP contribution in [0.25, 0.3) is 0 Å². The van der Waals surface area contributed by atoms with Gasteiger partial charge in [-0.15, -0.1) is 11.3 Å². The Labute approximate surface area is 114 Å². The third kappa shape index (κ3) is 3.32. The van der Waals surface area contributed by atoms with E-state index in [1.807, 2.05) is 23.6 Å². The van der Waals surface area contributed by atoms with Crippen LogP contribution in [0.3, 0.4) is 0 Å². The van der Waals surface area contributed by atoms with Gasteiger partial charge in [-0.2, -0.15) is 0 Å². The van der Waals surface area contributed by atoms with Crippen LogP contribution in [-0.2, 0) is 6.54 Å². The molecule has 0 aliphatic rings. The Morgan fingerprint density at radius 3 is 2.63 bits per heavy atom. The molecular formula is C13H13N3O2S. The van der Waals surface area contributed by atoms with Gasteiger partial charge < -0.3 is 16.3 Å². The third-order valence-electron chi connectivity index (χ3n) is 2.56. The highest BCUT2D eigenvalue weighted by atomic mass is 32.1. The fourth-order valence-corrected chi connectivity index (χ4v) is 2.17. The lowest BCUT2D eigenvalue weighted by Crippen LogP contribution is -2.21. The molecule has 4 N–H and O–H groups in total. The van der Waals surface area contributed by atoms with Gasteiger partial charge in [-0.1, -0.05) is 35.5 Å². The van der Waals surface area contributed by atoms with Gasteiger partial charge in [0.05, 0.1) is 4.88 Å². The van der Waals surface area contributed by atoms with Gasteiger partial charge in [-0.3, -0.25) is 4.79 Å². The van der Waals surface area contributed by atoms with Crippen molar-refractivity contribution in [3.05, 3.63) is 57.8 Å². The van der Waals surface area contributed by atoms with Crippen molar-refractivity contribution in [2.75, 3.05) is 0 Å². The van der Waals surface area contributed by atoms with Crippen LogP contribution in [0.4, 0.5) is 0 Å². The van der Waals surface area contributed by atoms with E-state index in [9.17, 15) is 4.79 Å². The molecule has 1 aromatic heterocycles. The summed E-state index contributed by atoms with van der Waals surface area (Å²) in [6.45, 7) is 0.438. The molecule has 2 aromatic rings. The molecule has 2 rings (SSSR count). The van der Waals surface area contributed by atoms with E-state index in [-0.39, 0.29) is 11.7 Å². The minimum atomic E-state index is -0.0875. The van der Waals surface area contributed by atoms with Crippen molar-refractivity contribution in [2.24, 2.45) is 10.9 Å². The lowest BCUT2D eigenvalue weighted by Gasteiger charge is -2.05. The van der Waals surface area contributed by atoms with Gasteiger partial charge in [0.2, 0.25) is 0 Å². The topological polar surface area (TPSA) is 87.7 Å². The van der Waals surface area contributed by atoms with Crippen LogP contribution in [-0.4, -0.2) is 17.0 Å². The number of thiophene rings is 1. The van der Waals surface area contributed by atoms with Crippen LogP contribution in [0.15, 0.2) is 46.9 Å². The molecule has 1 heterocycles. The number of rotatable bonds is 4. The average molecular weight is 275 g/mol. The smallest absolute Gasteiger partial charge is 0.261 e. The van der Waals surface area contributed by atoms with E-state index in [0.29, 0.717) is 17.0 Å². The maximum atomic E-state index is 11.7. The average Bonchev–Trinajstić information content (AvgIpc) is 2.98. The highest BCUT2D eigenvalue weighted by Gasteiger charge is 2.05. The number of nitrogens with zero attached hydrogens (tertiary/aromatic N) is 1. The largest absolute Gasteiger partial charge is 0.409 e. The summed E-state index contributed by atoms with van der Waals surface area (Å²) in [4.78, 5) is 12.4. The summed E-state index contributed by atoms with van der Waals surface area (Å²) < 4.78 is 0. The lowest BCUT2D eigenvalue weighted by molar-refractivity contribution is 0.0955. The molecule has 0 fully saturated rings. The minimum Gasteiger partial charge on any atom is -0.409 e. The number of benzene rings is 1. The molecule has 0 aliphatic carbocycles. The molecule has 1 aromatic carbocycles. The predicted molar refractivity (Wildman–Crippen MR) is 74.4 cm³/mol. The number of hydrogen-bond donors (Lipinski definition) is 3. The molecule has 0 radical (unpaired) electrons. The maximum Gasteiger partial charge on any atom is 0.261 e.